The minimum Gasteiger partial charge on any atom is -0.458 e. The Balaban J connectivity index is 2.08. The van der Waals surface area contributed by atoms with Gasteiger partial charge in [0.25, 0.3) is 0 Å². The molecular formula is C16H17ClN2O2. The van der Waals surface area contributed by atoms with Gasteiger partial charge in [-0.25, -0.2) is 0 Å². The van der Waals surface area contributed by atoms with E-state index in [4.69, 9.17) is 16.0 Å². The molecule has 3 aromatic rings. The van der Waals surface area contributed by atoms with Crippen LogP contribution in [0.2, 0.25) is 5.02 Å². The summed E-state index contributed by atoms with van der Waals surface area (Å²) in [6.07, 6.45) is 0.613. The summed E-state index contributed by atoms with van der Waals surface area (Å²) in [4.78, 5) is 0. The fourth-order valence-corrected chi connectivity index (χ4v) is 2.70. The summed E-state index contributed by atoms with van der Waals surface area (Å²) in [7, 11) is 0. The van der Waals surface area contributed by atoms with E-state index in [0.717, 1.165) is 16.5 Å². The maximum absolute atomic E-state index is 10.6. The number of halogens is 1. The number of hydrogen-bond donors (Lipinski definition) is 1. The Morgan fingerprint density at radius 1 is 1.29 bits per heavy atom. The minimum atomic E-state index is -0.935. The fourth-order valence-electron chi connectivity index (χ4n) is 2.47. The van der Waals surface area contributed by atoms with Gasteiger partial charge in [0.05, 0.1) is 16.9 Å². The third kappa shape index (κ3) is 2.45. The normalized spacial score (nSPS) is 13.2. The minimum absolute atomic E-state index is 0.105. The summed E-state index contributed by atoms with van der Waals surface area (Å²) in [5.74, 6) is 0.472. The monoisotopic (exact) mass is 304 g/mol. The van der Waals surface area contributed by atoms with Crippen LogP contribution < -0.4 is 0 Å². The van der Waals surface area contributed by atoms with Crippen LogP contribution >= 0.6 is 11.6 Å². The van der Waals surface area contributed by atoms with Gasteiger partial charge in [-0.3, -0.25) is 4.68 Å². The van der Waals surface area contributed by atoms with E-state index in [1.54, 1.807) is 10.9 Å². The third-order valence-corrected chi connectivity index (χ3v) is 3.79. The molecule has 110 valence electrons. The molecule has 2 heterocycles. The highest BCUT2D eigenvalue weighted by Gasteiger charge is 2.24. The number of nitrogens with zero attached hydrogens (tertiary/aromatic N) is 2. The summed E-state index contributed by atoms with van der Waals surface area (Å²) in [5, 5.41) is 16.2. The van der Waals surface area contributed by atoms with Gasteiger partial charge in [-0.05, 0) is 39.0 Å². The van der Waals surface area contributed by atoms with Crippen molar-refractivity contribution in [3.05, 3.63) is 52.5 Å². The molecule has 0 aliphatic rings. The molecule has 0 radical (unpaired) electrons. The highest BCUT2D eigenvalue weighted by atomic mass is 35.5. The molecule has 0 aliphatic heterocycles. The van der Waals surface area contributed by atoms with Crippen LogP contribution in [0.5, 0.6) is 0 Å². The van der Waals surface area contributed by atoms with Gasteiger partial charge in [0, 0.05) is 11.4 Å². The first-order chi connectivity index (χ1) is 9.97. The smallest absolute Gasteiger partial charge is 0.155 e. The van der Waals surface area contributed by atoms with Crippen molar-refractivity contribution in [2.45, 2.75) is 32.9 Å². The summed E-state index contributed by atoms with van der Waals surface area (Å²) >= 11 is 6.17. The van der Waals surface area contributed by atoms with Crippen LogP contribution in [0.25, 0.3) is 11.0 Å². The van der Waals surface area contributed by atoms with Gasteiger partial charge in [-0.1, -0.05) is 23.2 Å². The lowest BCUT2D eigenvalue weighted by Crippen LogP contribution is -2.12. The van der Waals surface area contributed by atoms with Gasteiger partial charge in [0.1, 0.15) is 11.3 Å². The zero-order valence-corrected chi connectivity index (χ0v) is 12.9. The van der Waals surface area contributed by atoms with E-state index in [0.29, 0.717) is 16.5 Å². The number of aromatic nitrogens is 2. The number of fused-ring (bicyclic) bond motifs is 1. The first kappa shape index (κ1) is 14.2. The average Bonchev–Trinajstić information content (AvgIpc) is 3.00. The summed E-state index contributed by atoms with van der Waals surface area (Å²) in [6, 6.07) is 7.86. The number of rotatable bonds is 3. The van der Waals surface area contributed by atoms with Gasteiger partial charge < -0.3 is 9.52 Å². The Bertz CT molecular complexity index is 789. The molecule has 2 aromatic heterocycles. The fraction of sp³-hybridized carbons (Fsp3) is 0.312. The molecule has 21 heavy (non-hydrogen) atoms. The van der Waals surface area contributed by atoms with Crippen LogP contribution in [0.4, 0.5) is 0 Å². The second kappa shape index (κ2) is 5.20. The molecule has 3 rings (SSSR count). The van der Waals surface area contributed by atoms with Crippen molar-refractivity contribution >= 4 is 22.6 Å². The quantitative estimate of drug-likeness (QED) is 0.787. The summed E-state index contributed by atoms with van der Waals surface area (Å²) < 4.78 is 7.46. The molecule has 0 fully saturated rings. The van der Waals surface area contributed by atoms with Crippen molar-refractivity contribution in [1.82, 2.24) is 9.78 Å². The zero-order valence-electron chi connectivity index (χ0n) is 12.2. The van der Waals surface area contributed by atoms with E-state index in [1.165, 1.54) is 0 Å². The highest BCUT2D eigenvalue weighted by Crippen LogP contribution is 2.33. The molecule has 0 spiro atoms. The lowest BCUT2D eigenvalue weighted by atomic mass is 10.1. The Hall–Kier alpha value is -1.78. The molecule has 0 aliphatic carbocycles. The second-order valence-corrected chi connectivity index (χ2v) is 5.92. The maximum Gasteiger partial charge on any atom is 0.155 e. The molecular weight excluding hydrogens is 288 g/mol. The molecule has 0 amide bonds. The standard InChI is InChI=1S/C16H17ClN2O2/c1-9(2)19-15(12(17)8-18-19)16(20)14-7-11-6-10(3)4-5-13(11)21-14/h4-9,16,20H,1-3H3. The average molecular weight is 305 g/mol. The first-order valence-corrected chi connectivity index (χ1v) is 7.26. The van der Waals surface area contributed by atoms with Crippen molar-refractivity contribution in [1.29, 1.82) is 0 Å². The van der Waals surface area contributed by atoms with E-state index in [9.17, 15) is 5.11 Å². The van der Waals surface area contributed by atoms with E-state index in [1.807, 2.05) is 45.0 Å². The van der Waals surface area contributed by atoms with Crippen LogP contribution in [0, 0.1) is 6.92 Å². The van der Waals surface area contributed by atoms with Gasteiger partial charge in [0.2, 0.25) is 0 Å². The number of furan rings is 1. The molecule has 1 unspecified atom stereocenters. The van der Waals surface area contributed by atoms with Gasteiger partial charge in [-0.2, -0.15) is 5.10 Å². The van der Waals surface area contributed by atoms with Gasteiger partial charge in [0.15, 0.2) is 6.10 Å². The lowest BCUT2D eigenvalue weighted by Gasteiger charge is -2.14. The Morgan fingerprint density at radius 2 is 2.05 bits per heavy atom. The highest BCUT2D eigenvalue weighted by molar-refractivity contribution is 6.31. The molecule has 0 saturated heterocycles. The Morgan fingerprint density at radius 3 is 2.76 bits per heavy atom. The number of aryl methyl sites for hydroxylation is 1. The number of benzene rings is 1. The molecule has 1 atom stereocenters. The summed E-state index contributed by atoms with van der Waals surface area (Å²) in [6.45, 7) is 6.00. The van der Waals surface area contributed by atoms with E-state index >= 15 is 0 Å². The molecule has 4 nitrogen and oxygen atoms in total. The van der Waals surface area contributed by atoms with Gasteiger partial charge in [-0.15, -0.1) is 0 Å². The second-order valence-electron chi connectivity index (χ2n) is 5.51. The van der Waals surface area contributed by atoms with E-state index in [-0.39, 0.29) is 6.04 Å². The molecule has 0 saturated carbocycles. The SMILES string of the molecule is Cc1ccc2oc(C(O)c3c(Cl)cnn3C(C)C)cc2c1. The van der Waals surface area contributed by atoms with Gasteiger partial charge >= 0.3 is 0 Å². The van der Waals surface area contributed by atoms with Crippen molar-refractivity contribution in [3.8, 4) is 0 Å². The Labute approximate surface area is 127 Å². The van der Waals surface area contributed by atoms with Crippen LogP contribution in [0.1, 0.15) is 43.0 Å². The molecule has 0 bridgehead atoms. The van der Waals surface area contributed by atoms with Crippen LogP contribution in [0.3, 0.4) is 0 Å². The van der Waals surface area contributed by atoms with E-state index < -0.39 is 6.10 Å². The Kier molecular flexibility index (Phi) is 3.51. The van der Waals surface area contributed by atoms with Crippen LogP contribution in [0.15, 0.2) is 34.9 Å². The number of hydrogen-bond acceptors (Lipinski definition) is 3. The summed E-state index contributed by atoms with van der Waals surface area (Å²) in [5.41, 5.74) is 2.46. The topological polar surface area (TPSA) is 51.2 Å². The number of aliphatic hydroxyl groups excluding tert-OH is 1. The van der Waals surface area contributed by atoms with Crippen molar-refractivity contribution in [2.75, 3.05) is 0 Å². The largest absolute Gasteiger partial charge is 0.458 e. The predicted octanol–water partition coefficient (Wildman–Crippen LogP) is 4.25. The zero-order chi connectivity index (χ0) is 15.1. The molecule has 1 N–H and O–H groups in total. The molecule has 1 aromatic carbocycles. The van der Waals surface area contributed by atoms with Crippen molar-refractivity contribution in [3.63, 3.8) is 0 Å². The molecule has 5 heteroatoms. The van der Waals surface area contributed by atoms with E-state index in [2.05, 4.69) is 5.10 Å². The maximum atomic E-state index is 10.6. The van der Waals surface area contributed by atoms with Crippen LogP contribution in [-0.4, -0.2) is 14.9 Å². The van der Waals surface area contributed by atoms with Crippen molar-refractivity contribution in [2.24, 2.45) is 0 Å². The number of aliphatic hydroxyl groups is 1. The first-order valence-electron chi connectivity index (χ1n) is 6.88. The third-order valence-electron chi connectivity index (χ3n) is 3.50. The predicted molar refractivity (Wildman–Crippen MR) is 82.6 cm³/mol. The van der Waals surface area contributed by atoms with Crippen molar-refractivity contribution < 1.29 is 9.52 Å². The lowest BCUT2D eigenvalue weighted by molar-refractivity contribution is 0.179. The van der Waals surface area contributed by atoms with Crippen LogP contribution in [-0.2, 0) is 0 Å².